The molecule has 0 saturated carbocycles. The number of carbonyl (C=O) groups excluding carboxylic acids is 1. The Bertz CT molecular complexity index is 1030. The van der Waals surface area contributed by atoms with Gasteiger partial charge in [0.05, 0.1) is 12.7 Å². The first-order chi connectivity index (χ1) is 16.6. The largest absolute Gasteiger partial charge is 0.369 e. The summed E-state index contributed by atoms with van der Waals surface area (Å²) < 4.78 is 6.33. The molecule has 1 unspecified atom stereocenters. The minimum Gasteiger partial charge on any atom is -0.369 e. The molecule has 7 nitrogen and oxygen atoms in total. The summed E-state index contributed by atoms with van der Waals surface area (Å²) in [6.45, 7) is 4.39. The molecular weight excluding hydrogens is 426 g/mol. The highest BCUT2D eigenvalue weighted by atomic mass is 16.5. The normalized spacial score (nSPS) is 16.1. The number of nitrogens with one attached hydrogen (secondary N) is 1. The van der Waals surface area contributed by atoms with Crippen molar-refractivity contribution in [3.63, 3.8) is 0 Å². The van der Waals surface area contributed by atoms with Crippen molar-refractivity contribution in [3.05, 3.63) is 77.1 Å². The van der Waals surface area contributed by atoms with Crippen LogP contribution in [0, 0.1) is 0 Å². The van der Waals surface area contributed by atoms with Gasteiger partial charge in [-0.2, -0.15) is 0 Å². The van der Waals surface area contributed by atoms with Gasteiger partial charge in [-0.3, -0.25) is 9.79 Å². The molecule has 1 amide bonds. The molecule has 1 aliphatic heterocycles. The van der Waals surface area contributed by atoms with E-state index in [9.17, 15) is 4.79 Å². The third kappa shape index (κ3) is 6.40. The van der Waals surface area contributed by atoms with Crippen LogP contribution in [0.2, 0.25) is 0 Å². The molecule has 0 fully saturated rings. The fourth-order valence-electron chi connectivity index (χ4n) is 3.98. The lowest BCUT2D eigenvalue weighted by Crippen LogP contribution is -2.34. The third-order valence-electron chi connectivity index (χ3n) is 5.75. The maximum atomic E-state index is 13.5. The highest BCUT2D eigenvalue weighted by Gasteiger charge is 2.27. The van der Waals surface area contributed by atoms with E-state index in [1.54, 1.807) is 24.4 Å². The van der Waals surface area contributed by atoms with E-state index in [0.717, 1.165) is 29.8 Å². The minimum absolute atomic E-state index is 0.00413. The zero-order chi connectivity index (χ0) is 24.3. The minimum atomic E-state index is -0.107. The first-order valence-electron chi connectivity index (χ1n) is 11.7. The molecule has 180 valence electrons. The number of benzene rings is 2. The highest BCUT2D eigenvalue weighted by Crippen LogP contribution is 2.26. The Morgan fingerprint density at radius 1 is 1.15 bits per heavy atom. The molecule has 2 aromatic carbocycles. The summed E-state index contributed by atoms with van der Waals surface area (Å²) in [5.41, 5.74) is 3.51. The monoisotopic (exact) mass is 461 g/mol. The van der Waals surface area contributed by atoms with E-state index >= 15 is 0 Å². The molecule has 1 heterocycles. The van der Waals surface area contributed by atoms with Crippen molar-refractivity contribution in [1.82, 2.24) is 10.2 Å². The van der Waals surface area contributed by atoms with Crippen LogP contribution in [0.4, 0.5) is 5.69 Å². The molecule has 0 aliphatic carbocycles. The molecule has 34 heavy (non-hydrogen) atoms. The van der Waals surface area contributed by atoms with E-state index in [-0.39, 0.29) is 12.0 Å². The molecule has 3 rings (SSSR count). The lowest BCUT2D eigenvalue weighted by molar-refractivity contribution is -0.114. The number of anilines is 1. The van der Waals surface area contributed by atoms with Gasteiger partial charge in [-0.05, 0) is 50.2 Å². The zero-order valence-electron chi connectivity index (χ0n) is 20.6. The summed E-state index contributed by atoms with van der Waals surface area (Å²) in [6, 6.07) is 18.3. The van der Waals surface area contributed by atoms with E-state index in [1.807, 2.05) is 68.4 Å². The molecule has 0 spiro atoms. The van der Waals surface area contributed by atoms with E-state index < -0.39 is 0 Å². The average Bonchev–Trinajstić information content (AvgIpc) is 2.97. The van der Waals surface area contributed by atoms with Crippen molar-refractivity contribution in [1.29, 1.82) is 0 Å². The van der Waals surface area contributed by atoms with Gasteiger partial charge >= 0.3 is 0 Å². The van der Waals surface area contributed by atoms with Crippen molar-refractivity contribution in [2.45, 2.75) is 26.1 Å². The third-order valence-corrected chi connectivity index (χ3v) is 5.75. The van der Waals surface area contributed by atoms with Gasteiger partial charge in [-0.15, -0.1) is 0 Å². The molecule has 1 aliphatic rings. The van der Waals surface area contributed by atoms with Crippen molar-refractivity contribution in [2.24, 2.45) is 9.98 Å². The number of hydrogen-bond acceptors (Lipinski definition) is 6. The van der Waals surface area contributed by atoms with Crippen molar-refractivity contribution >= 4 is 24.0 Å². The molecule has 1 atom stereocenters. The van der Waals surface area contributed by atoms with Gasteiger partial charge in [0, 0.05) is 45.3 Å². The van der Waals surface area contributed by atoms with E-state index in [4.69, 9.17) is 4.74 Å². The fraction of sp³-hybridized carbons (Fsp3) is 0.370. The molecule has 0 radical (unpaired) electrons. The van der Waals surface area contributed by atoms with Crippen LogP contribution in [0.1, 0.15) is 30.6 Å². The van der Waals surface area contributed by atoms with E-state index in [2.05, 4.69) is 27.4 Å². The molecule has 7 heteroatoms. The maximum absolute atomic E-state index is 13.5. The second-order valence-electron chi connectivity index (χ2n) is 8.16. The summed E-state index contributed by atoms with van der Waals surface area (Å²) in [7, 11) is 5.56. The van der Waals surface area contributed by atoms with Crippen molar-refractivity contribution < 1.29 is 9.53 Å². The Balaban J connectivity index is 1.82. The van der Waals surface area contributed by atoms with Crippen LogP contribution in [0.15, 0.2) is 76.0 Å². The first-order valence-corrected chi connectivity index (χ1v) is 11.7. The van der Waals surface area contributed by atoms with E-state index in [0.29, 0.717) is 31.1 Å². The summed E-state index contributed by atoms with van der Waals surface area (Å²) in [5, 5.41) is 3.21. The number of hydrogen-bond donors (Lipinski definition) is 1. The van der Waals surface area contributed by atoms with Crippen LogP contribution in [0.5, 0.6) is 0 Å². The van der Waals surface area contributed by atoms with Crippen LogP contribution >= 0.6 is 0 Å². The smallest absolute Gasteiger partial charge is 0.263 e. The molecule has 0 bridgehead atoms. The Morgan fingerprint density at radius 3 is 2.65 bits per heavy atom. The van der Waals surface area contributed by atoms with Gasteiger partial charge in [0.1, 0.15) is 11.4 Å². The van der Waals surface area contributed by atoms with Crippen molar-refractivity contribution in [3.8, 4) is 0 Å². The van der Waals surface area contributed by atoms with Gasteiger partial charge in [0.25, 0.3) is 5.91 Å². The average molecular weight is 462 g/mol. The first kappa shape index (κ1) is 25.3. The van der Waals surface area contributed by atoms with Crippen LogP contribution < -0.4 is 10.2 Å². The number of carbonyl (C=O) groups is 1. The lowest BCUT2D eigenvalue weighted by Gasteiger charge is -2.23. The Kier molecular flexibility index (Phi) is 9.55. The number of aliphatic imine (C=N–C) groups is 2. The predicted octanol–water partition coefficient (Wildman–Crippen LogP) is 3.84. The van der Waals surface area contributed by atoms with Crippen LogP contribution in [0.3, 0.4) is 0 Å². The standard InChI is InChI=1S/C27H35N5O2/c1-5-30-26-24(19-29-3)27(33)32(17-16-31(26)4)23-13-9-10-21(18-23)20-34-25(14-15-28-2)22-11-7-6-8-12-22/h5-13,18-19,25,28H,14-17,20H2,1-4H3. The Morgan fingerprint density at radius 2 is 1.94 bits per heavy atom. The highest BCUT2D eigenvalue weighted by molar-refractivity contribution is 6.19. The number of nitrogens with zero attached hydrogens (tertiary/aromatic N) is 4. The molecular formula is C27H35N5O2. The molecule has 0 saturated heterocycles. The van der Waals surface area contributed by atoms with Gasteiger partial charge in [-0.1, -0.05) is 42.5 Å². The quantitative estimate of drug-likeness (QED) is 0.546. The summed E-state index contributed by atoms with van der Waals surface area (Å²) >= 11 is 0. The summed E-state index contributed by atoms with van der Waals surface area (Å²) in [4.78, 5) is 25.8. The molecule has 2 aromatic rings. The number of ether oxygens (including phenoxy) is 1. The topological polar surface area (TPSA) is 69.5 Å². The maximum Gasteiger partial charge on any atom is 0.263 e. The van der Waals surface area contributed by atoms with Crippen LogP contribution in [-0.4, -0.2) is 64.0 Å². The van der Waals surface area contributed by atoms with Gasteiger partial charge in [-0.25, -0.2) is 4.99 Å². The SMILES string of the molecule is CC=NC1=C(C=NC)C(=O)N(c2cccc(COC(CCNC)c3ccccc3)c2)CCN1C. The summed E-state index contributed by atoms with van der Waals surface area (Å²) in [5.74, 6) is 0.528. The fourth-order valence-corrected chi connectivity index (χ4v) is 3.98. The second kappa shape index (κ2) is 12.8. The summed E-state index contributed by atoms with van der Waals surface area (Å²) in [6.07, 6.45) is 4.17. The van der Waals surface area contributed by atoms with Crippen LogP contribution in [-0.2, 0) is 16.1 Å². The number of amides is 1. The van der Waals surface area contributed by atoms with Gasteiger partial charge < -0.3 is 19.9 Å². The second-order valence-corrected chi connectivity index (χ2v) is 8.16. The molecule has 0 aromatic heterocycles. The predicted molar refractivity (Wildman–Crippen MR) is 140 cm³/mol. The number of rotatable bonds is 10. The van der Waals surface area contributed by atoms with Crippen LogP contribution in [0.25, 0.3) is 0 Å². The van der Waals surface area contributed by atoms with Crippen molar-refractivity contribution in [2.75, 3.05) is 45.7 Å². The van der Waals surface area contributed by atoms with Gasteiger partial charge in [0.2, 0.25) is 0 Å². The Hall–Kier alpha value is -3.29. The zero-order valence-corrected chi connectivity index (χ0v) is 20.6. The number of likely N-dealkylation sites (N-methyl/N-ethyl adjacent to an activating group) is 1. The molecule has 1 N–H and O–H groups in total. The van der Waals surface area contributed by atoms with E-state index in [1.165, 1.54) is 0 Å². The Labute approximate surface area is 202 Å². The lowest BCUT2D eigenvalue weighted by atomic mass is 10.1. The van der Waals surface area contributed by atoms with Gasteiger partial charge in [0.15, 0.2) is 0 Å².